The van der Waals surface area contributed by atoms with E-state index in [1.807, 2.05) is 6.92 Å². The lowest BCUT2D eigenvalue weighted by atomic mass is 10.2. The van der Waals surface area contributed by atoms with Crippen LogP contribution in [0.25, 0.3) is 16.7 Å². The molecule has 1 heterocycles. The highest BCUT2D eigenvalue weighted by Gasteiger charge is 2.09. The van der Waals surface area contributed by atoms with Gasteiger partial charge >= 0.3 is 0 Å². The third-order valence-electron chi connectivity index (χ3n) is 2.69. The second kappa shape index (κ2) is 3.80. The summed E-state index contributed by atoms with van der Waals surface area (Å²) in [5.41, 5.74) is 2.50. The Hall–Kier alpha value is -2.43. The fourth-order valence-electron chi connectivity index (χ4n) is 1.79. The number of phenols is 1. The van der Waals surface area contributed by atoms with Gasteiger partial charge in [0.15, 0.2) is 0 Å². The van der Waals surface area contributed by atoms with Crippen LogP contribution in [0.4, 0.5) is 4.39 Å². The zero-order valence-electron chi connectivity index (χ0n) is 9.63. The molecule has 4 nitrogen and oxygen atoms in total. The number of aromatic nitrogens is 3. The smallest absolute Gasteiger partial charge is 0.143 e. The molecular formula is C13H10FN3O. The first-order valence-corrected chi connectivity index (χ1v) is 5.46. The minimum atomic E-state index is -0.358. The third kappa shape index (κ3) is 1.69. The van der Waals surface area contributed by atoms with Crippen LogP contribution in [-0.2, 0) is 0 Å². The third-order valence-corrected chi connectivity index (χ3v) is 2.69. The van der Waals surface area contributed by atoms with E-state index in [9.17, 15) is 9.50 Å². The van der Waals surface area contributed by atoms with Crippen molar-refractivity contribution in [2.24, 2.45) is 0 Å². The van der Waals surface area contributed by atoms with Gasteiger partial charge in [-0.3, -0.25) is 0 Å². The van der Waals surface area contributed by atoms with Crippen molar-refractivity contribution in [2.75, 3.05) is 0 Å². The highest BCUT2D eigenvalue weighted by molar-refractivity contribution is 5.73. The summed E-state index contributed by atoms with van der Waals surface area (Å²) in [6.07, 6.45) is 0. The largest absolute Gasteiger partial charge is 0.506 e. The molecule has 2 aromatic carbocycles. The van der Waals surface area contributed by atoms with Gasteiger partial charge in [-0.15, -0.1) is 15.0 Å². The van der Waals surface area contributed by atoms with Crippen LogP contribution >= 0.6 is 0 Å². The first-order chi connectivity index (χ1) is 8.63. The Balaban J connectivity index is 2.22. The van der Waals surface area contributed by atoms with Crippen LogP contribution < -0.4 is 0 Å². The summed E-state index contributed by atoms with van der Waals surface area (Å²) in [7, 11) is 0. The Bertz CT molecular complexity index is 736. The minimum Gasteiger partial charge on any atom is -0.506 e. The molecule has 0 radical (unpaired) electrons. The van der Waals surface area contributed by atoms with E-state index in [1.54, 1.807) is 24.3 Å². The molecule has 0 bridgehead atoms. The predicted octanol–water partition coefficient (Wildman–Crippen LogP) is 2.57. The lowest BCUT2D eigenvalue weighted by Crippen LogP contribution is -1.99. The van der Waals surface area contributed by atoms with E-state index in [0.717, 1.165) is 5.56 Å². The van der Waals surface area contributed by atoms with Gasteiger partial charge < -0.3 is 5.11 Å². The standard InChI is InChI=1S/C13H10FN3O/c1-8-2-5-13(18)12(6-8)17-15-10-4-3-9(14)7-11(10)16-17/h2-7,18H,1H3. The molecule has 3 rings (SSSR count). The predicted molar refractivity (Wildman–Crippen MR) is 65.2 cm³/mol. The summed E-state index contributed by atoms with van der Waals surface area (Å²) in [6, 6.07) is 9.34. The minimum absolute atomic E-state index is 0.0846. The number of nitrogens with zero attached hydrogens (tertiary/aromatic N) is 3. The van der Waals surface area contributed by atoms with Gasteiger partial charge in [-0.05, 0) is 36.8 Å². The summed E-state index contributed by atoms with van der Waals surface area (Å²) in [6.45, 7) is 1.91. The first-order valence-electron chi connectivity index (χ1n) is 5.46. The van der Waals surface area contributed by atoms with Crippen LogP contribution in [0.15, 0.2) is 36.4 Å². The summed E-state index contributed by atoms with van der Waals surface area (Å²) >= 11 is 0. The number of fused-ring (bicyclic) bond motifs is 1. The molecule has 18 heavy (non-hydrogen) atoms. The number of phenolic OH excluding ortho intramolecular Hbond substituents is 1. The summed E-state index contributed by atoms with van der Waals surface area (Å²) in [5.74, 6) is -0.274. The van der Waals surface area contributed by atoms with Gasteiger partial charge in [0, 0.05) is 6.07 Å². The monoisotopic (exact) mass is 243 g/mol. The van der Waals surface area contributed by atoms with E-state index in [4.69, 9.17) is 0 Å². The molecule has 0 spiro atoms. The fourth-order valence-corrected chi connectivity index (χ4v) is 1.79. The number of aryl methyl sites for hydroxylation is 1. The van der Waals surface area contributed by atoms with Crippen LogP contribution in [0.1, 0.15) is 5.56 Å². The number of benzene rings is 2. The average molecular weight is 243 g/mol. The van der Waals surface area contributed by atoms with Gasteiger partial charge in [-0.1, -0.05) is 6.07 Å². The second-order valence-corrected chi connectivity index (χ2v) is 4.11. The Morgan fingerprint density at radius 2 is 1.83 bits per heavy atom. The Labute approximate surface area is 102 Å². The number of aromatic hydroxyl groups is 1. The van der Waals surface area contributed by atoms with Crippen molar-refractivity contribution in [1.82, 2.24) is 15.0 Å². The molecule has 1 N–H and O–H groups in total. The molecule has 0 fully saturated rings. The van der Waals surface area contributed by atoms with E-state index in [-0.39, 0.29) is 11.6 Å². The highest BCUT2D eigenvalue weighted by atomic mass is 19.1. The molecule has 1 aromatic heterocycles. The van der Waals surface area contributed by atoms with E-state index >= 15 is 0 Å². The second-order valence-electron chi connectivity index (χ2n) is 4.11. The van der Waals surface area contributed by atoms with Crippen LogP contribution in [0, 0.1) is 12.7 Å². The molecule has 0 saturated heterocycles. The molecule has 5 heteroatoms. The maximum atomic E-state index is 13.1. The Morgan fingerprint density at radius 3 is 2.67 bits per heavy atom. The maximum Gasteiger partial charge on any atom is 0.143 e. The van der Waals surface area contributed by atoms with E-state index in [0.29, 0.717) is 16.7 Å². The van der Waals surface area contributed by atoms with E-state index in [2.05, 4.69) is 10.2 Å². The average Bonchev–Trinajstić information content (AvgIpc) is 2.74. The van der Waals surface area contributed by atoms with Crippen LogP contribution in [0.5, 0.6) is 5.75 Å². The first kappa shape index (κ1) is 10.7. The molecule has 3 aromatic rings. The van der Waals surface area contributed by atoms with E-state index in [1.165, 1.54) is 16.9 Å². The van der Waals surface area contributed by atoms with Gasteiger partial charge in [0.05, 0.1) is 0 Å². The lowest BCUT2D eigenvalue weighted by molar-refractivity contribution is 0.467. The fraction of sp³-hybridized carbons (Fsp3) is 0.0769. The van der Waals surface area contributed by atoms with Crippen LogP contribution in [-0.4, -0.2) is 20.1 Å². The zero-order chi connectivity index (χ0) is 12.7. The van der Waals surface area contributed by atoms with Gasteiger partial charge in [0.25, 0.3) is 0 Å². The number of hydrogen-bond donors (Lipinski definition) is 1. The van der Waals surface area contributed by atoms with Crippen LogP contribution in [0.2, 0.25) is 0 Å². The molecular weight excluding hydrogens is 233 g/mol. The molecule has 0 aliphatic carbocycles. The van der Waals surface area contributed by atoms with Gasteiger partial charge in [0.2, 0.25) is 0 Å². The molecule has 0 unspecified atom stereocenters. The van der Waals surface area contributed by atoms with Crippen molar-refractivity contribution in [3.05, 3.63) is 47.8 Å². The molecule has 0 aliphatic rings. The summed E-state index contributed by atoms with van der Waals surface area (Å²) in [4.78, 5) is 1.31. The molecule has 0 saturated carbocycles. The van der Waals surface area contributed by atoms with E-state index < -0.39 is 0 Å². The Kier molecular flexibility index (Phi) is 2.26. The van der Waals surface area contributed by atoms with Crippen molar-refractivity contribution < 1.29 is 9.50 Å². The molecule has 0 amide bonds. The number of halogens is 1. The summed E-state index contributed by atoms with van der Waals surface area (Å²) < 4.78 is 13.1. The van der Waals surface area contributed by atoms with Crippen molar-refractivity contribution in [2.45, 2.75) is 6.92 Å². The van der Waals surface area contributed by atoms with Crippen molar-refractivity contribution in [3.63, 3.8) is 0 Å². The van der Waals surface area contributed by atoms with Crippen LogP contribution in [0.3, 0.4) is 0 Å². The topological polar surface area (TPSA) is 50.9 Å². The highest BCUT2D eigenvalue weighted by Crippen LogP contribution is 2.22. The quantitative estimate of drug-likeness (QED) is 0.714. The molecule has 0 aliphatic heterocycles. The molecule has 90 valence electrons. The lowest BCUT2D eigenvalue weighted by Gasteiger charge is -2.03. The van der Waals surface area contributed by atoms with Crippen molar-refractivity contribution in [3.8, 4) is 11.4 Å². The van der Waals surface area contributed by atoms with Crippen molar-refractivity contribution in [1.29, 1.82) is 0 Å². The van der Waals surface area contributed by atoms with Gasteiger partial charge in [-0.25, -0.2) is 4.39 Å². The number of hydrogen-bond acceptors (Lipinski definition) is 3. The van der Waals surface area contributed by atoms with Gasteiger partial charge in [0.1, 0.15) is 28.3 Å². The summed E-state index contributed by atoms with van der Waals surface area (Å²) in [5, 5.41) is 18.1. The zero-order valence-corrected chi connectivity index (χ0v) is 9.63. The van der Waals surface area contributed by atoms with Crippen molar-refractivity contribution >= 4 is 11.0 Å². The van der Waals surface area contributed by atoms with Gasteiger partial charge in [-0.2, -0.15) is 0 Å². The number of rotatable bonds is 1. The SMILES string of the molecule is Cc1ccc(O)c(-n2nc3ccc(F)cc3n2)c1. The molecule has 0 atom stereocenters. The Morgan fingerprint density at radius 1 is 1.06 bits per heavy atom. The maximum absolute atomic E-state index is 13.1. The normalized spacial score (nSPS) is 11.0.